The molecule has 21 heavy (non-hydrogen) atoms. The van der Waals surface area contributed by atoms with Gasteiger partial charge >= 0.3 is 0 Å². The first-order chi connectivity index (χ1) is 10.1. The molecule has 3 heterocycles. The fourth-order valence-electron chi connectivity index (χ4n) is 1.72. The van der Waals surface area contributed by atoms with E-state index in [0.29, 0.717) is 16.3 Å². The average Bonchev–Trinajstić information content (AvgIpc) is 2.90. The van der Waals surface area contributed by atoms with Crippen molar-refractivity contribution in [2.75, 3.05) is 5.73 Å². The molecule has 8 nitrogen and oxygen atoms in total. The Labute approximate surface area is 124 Å². The van der Waals surface area contributed by atoms with Crippen LogP contribution in [0.5, 0.6) is 0 Å². The number of anilines is 1. The molecule has 3 rings (SSSR count). The van der Waals surface area contributed by atoms with Gasteiger partial charge in [-0.15, -0.1) is 0 Å². The summed E-state index contributed by atoms with van der Waals surface area (Å²) in [5, 5.41) is 1.02. The Balaban J connectivity index is 1.95. The van der Waals surface area contributed by atoms with Gasteiger partial charge in [0.25, 0.3) is 0 Å². The highest BCUT2D eigenvalue weighted by molar-refractivity contribution is 7.99. The molecule has 0 aliphatic carbocycles. The Morgan fingerprint density at radius 3 is 2.38 bits per heavy atom. The molecule has 3 aromatic heterocycles. The van der Waals surface area contributed by atoms with E-state index in [0.717, 1.165) is 11.4 Å². The van der Waals surface area contributed by atoms with Crippen molar-refractivity contribution < 1.29 is 0 Å². The number of rotatable bonds is 3. The molecule has 2 N–H and O–H groups in total. The number of aryl methyl sites for hydroxylation is 2. The highest BCUT2D eigenvalue weighted by Gasteiger charge is 2.10. The van der Waals surface area contributed by atoms with Crippen molar-refractivity contribution >= 4 is 17.7 Å². The van der Waals surface area contributed by atoms with Crippen LogP contribution in [0.4, 0.5) is 5.95 Å². The van der Waals surface area contributed by atoms with E-state index in [-0.39, 0.29) is 5.95 Å². The van der Waals surface area contributed by atoms with E-state index in [1.54, 1.807) is 23.3 Å². The van der Waals surface area contributed by atoms with Crippen LogP contribution in [0, 0.1) is 13.8 Å². The molecule has 0 aliphatic rings. The fourth-order valence-corrected chi connectivity index (χ4v) is 2.53. The van der Waals surface area contributed by atoms with Crippen molar-refractivity contribution in [2.45, 2.75) is 24.2 Å². The zero-order valence-electron chi connectivity index (χ0n) is 11.4. The van der Waals surface area contributed by atoms with Crippen molar-refractivity contribution in [3.8, 4) is 5.95 Å². The molecular weight excluding hydrogens is 288 g/mol. The van der Waals surface area contributed by atoms with Crippen LogP contribution in [0.1, 0.15) is 11.4 Å². The summed E-state index contributed by atoms with van der Waals surface area (Å²) in [7, 11) is 0. The molecule has 0 atom stereocenters. The first-order valence-electron chi connectivity index (χ1n) is 6.10. The van der Waals surface area contributed by atoms with Crippen LogP contribution in [-0.4, -0.2) is 34.5 Å². The second kappa shape index (κ2) is 5.44. The third-order valence-electron chi connectivity index (χ3n) is 2.50. The Morgan fingerprint density at radius 2 is 1.71 bits per heavy atom. The van der Waals surface area contributed by atoms with Gasteiger partial charge in [0, 0.05) is 23.8 Å². The maximum absolute atomic E-state index is 5.73. The van der Waals surface area contributed by atoms with Gasteiger partial charge < -0.3 is 5.73 Å². The largest absolute Gasteiger partial charge is 0.368 e. The number of nitrogens with zero attached hydrogens (tertiary/aromatic N) is 7. The highest BCUT2D eigenvalue weighted by Crippen LogP contribution is 2.22. The zero-order chi connectivity index (χ0) is 14.8. The summed E-state index contributed by atoms with van der Waals surface area (Å²) in [4.78, 5) is 25.2. The minimum Gasteiger partial charge on any atom is -0.368 e. The van der Waals surface area contributed by atoms with Gasteiger partial charge in [0.15, 0.2) is 5.16 Å². The minimum atomic E-state index is 0.139. The van der Waals surface area contributed by atoms with E-state index in [9.17, 15) is 0 Å². The minimum absolute atomic E-state index is 0.139. The summed E-state index contributed by atoms with van der Waals surface area (Å²) in [5.74, 6) is 0.549. The van der Waals surface area contributed by atoms with E-state index in [2.05, 4.69) is 29.9 Å². The van der Waals surface area contributed by atoms with E-state index in [4.69, 9.17) is 5.73 Å². The van der Waals surface area contributed by atoms with Crippen LogP contribution in [0.2, 0.25) is 0 Å². The van der Waals surface area contributed by atoms with Gasteiger partial charge in [0.05, 0.1) is 0 Å². The lowest BCUT2D eigenvalue weighted by Gasteiger charge is -2.05. The normalized spacial score (nSPS) is 10.8. The number of hydrogen-bond acceptors (Lipinski definition) is 8. The number of aromatic nitrogens is 7. The molecule has 0 fully saturated rings. The van der Waals surface area contributed by atoms with Crippen LogP contribution in [0.3, 0.4) is 0 Å². The summed E-state index contributed by atoms with van der Waals surface area (Å²) in [6.45, 7) is 3.83. The molecule has 0 aromatic carbocycles. The Kier molecular flexibility index (Phi) is 3.48. The predicted molar refractivity (Wildman–Crippen MR) is 77.0 cm³/mol. The molecule has 0 spiro atoms. The maximum Gasteiger partial charge on any atom is 0.240 e. The highest BCUT2D eigenvalue weighted by atomic mass is 32.2. The van der Waals surface area contributed by atoms with Crippen molar-refractivity contribution in [3.05, 3.63) is 36.2 Å². The van der Waals surface area contributed by atoms with Gasteiger partial charge in [-0.2, -0.15) is 15.0 Å². The molecule has 106 valence electrons. The smallest absolute Gasteiger partial charge is 0.240 e. The topological polar surface area (TPSA) is 108 Å². The third kappa shape index (κ3) is 3.14. The van der Waals surface area contributed by atoms with Crippen LogP contribution in [-0.2, 0) is 0 Å². The monoisotopic (exact) mass is 300 g/mol. The molecular formula is C12H12N8S. The summed E-state index contributed by atoms with van der Waals surface area (Å²) >= 11 is 1.24. The van der Waals surface area contributed by atoms with E-state index in [1.165, 1.54) is 11.8 Å². The second-order valence-electron chi connectivity index (χ2n) is 4.28. The molecule has 0 saturated carbocycles. The van der Waals surface area contributed by atoms with Gasteiger partial charge in [0.2, 0.25) is 17.1 Å². The molecule has 0 aliphatic heterocycles. The summed E-state index contributed by atoms with van der Waals surface area (Å²) < 4.78 is 1.66. The lowest BCUT2D eigenvalue weighted by molar-refractivity contribution is 0.824. The molecule has 0 amide bonds. The second-order valence-corrected chi connectivity index (χ2v) is 5.22. The lowest BCUT2D eigenvalue weighted by atomic mass is 10.4. The predicted octanol–water partition coefficient (Wildman–Crippen LogP) is 1.20. The van der Waals surface area contributed by atoms with E-state index in [1.807, 2.05) is 19.9 Å². The Hall–Kier alpha value is -2.55. The summed E-state index contributed by atoms with van der Waals surface area (Å²) in [6, 6.07) is 1.91. The van der Waals surface area contributed by atoms with Crippen molar-refractivity contribution in [1.29, 1.82) is 0 Å². The third-order valence-corrected chi connectivity index (χ3v) is 3.23. The summed E-state index contributed by atoms with van der Waals surface area (Å²) in [5.41, 5.74) is 7.51. The van der Waals surface area contributed by atoms with Crippen LogP contribution in [0.15, 0.2) is 35.1 Å². The number of imidazole rings is 1. The van der Waals surface area contributed by atoms with E-state index >= 15 is 0 Å². The zero-order valence-corrected chi connectivity index (χ0v) is 12.2. The maximum atomic E-state index is 5.73. The number of hydrogen-bond donors (Lipinski definition) is 1. The van der Waals surface area contributed by atoms with Gasteiger partial charge in [0.1, 0.15) is 6.33 Å². The number of nitrogens with two attached hydrogens (primary N) is 1. The van der Waals surface area contributed by atoms with Crippen molar-refractivity contribution in [2.24, 2.45) is 0 Å². The number of nitrogen functional groups attached to an aromatic ring is 1. The summed E-state index contributed by atoms with van der Waals surface area (Å²) in [6.07, 6.45) is 4.97. The quantitative estimate of drug-likeness (QED) is 0.719. The Morgan fingerprint density at radius 1 is 1.00 bits per heavy atom. The molecule has 0 radical (unpaired) electrons. The van der Waals surface area contributed by atoms with Gasteiger partial charge in [-0.25, -0.2) is 15.0 Å². The van der Waals surface area contributed by atoms with Crippen LogP contribution in [0.25, 0.3) is 5.95 Å². The Bertz CT molecular complexity index is 751. The molecule has 0 bridgehead atoms. The molecule has 0 unspecified atom stereocenters. The van der Waals surface area contributed by atoms with Gasteiger partial charge in [-0.3, -0.25) is 4.57 Å². The van der Waals surface area contributed by atoms with Gasteiger partial charge in [-0.1, -0.05) is 0 Å². The molecule has 3 aromatic rings. The molecule has 9 heteroatoms. The van der Waals surface area contributed by atoms with Crippen LogP contribution < -0.4 is 5.73 Å². The first-order valence-corrected chi connectivity index (χ1v) is 6.92. The molecule has 0 saturated heterocycles. The fraction of sp³-hybridized carbons (Fsp3) is 0.167. The van der Waals surface area contributed by atoms with Crippen molar-refractivity contribution in [1.82, 2.24) is 34.5 Å². The van der Waals surface area contributed by atoms with Crippen LogP contribution >= 0.6 is 11.8 Å². The average molecular weight is 300 g/mol. The lowest BCUT2D eigenvalue weighted by Crippen LogP contribution is -2.06. The SMILES string of the molecule is Cc1cc(C)nc(Sc2nc(N)nc(-n3ccnc3)n2)n1. The van der Waals surface area contributed by atoms with Crippen molar-refractivity contribution in [3.63, 3.8) is 0 Å². The van der Waals surface area contributed by atoms with Gasteiger partial charge in [-0.05, 0) is 31.7 Å². The van der Waals surface area contributed by atoms with E-state index < -0.39 is 0 Å². The first kappa shape index (κ1) is 13.4. The standard InChI is InChI=1S/C12H12N8S/c1-7-5-8(2)16-11(15-7)21-12-18-9(13)17-10(19-12)20-4-3-14-6-20/h3-6H,1-2H3,(H2,13,17,18,19).